The van der Waals surface area contributed by atoms with Gasteiger partial charge in [0.05, 0.1) is 13.2 Å². The average molecular weight is 243 g/mol. The second-order valence-electron chi connectivity index (χ2n) is 4.51. The number of ether oxygens (including phenoxy) is 1. The highest BCUT2D eigenvalue weighted by atomic mass is 16.5. The van der Waals surface area contributed by atoms with E-state index < -0.39 is 11.4 Å². The molecule has 1 aliphatic rings. The Kier molecular flexibility index (Phi) is 4.89. The maximum absolute atomic E-state index is 12.2. The number of hydrogen-bond acceptors (Lipinski definition) is 4. The molecule has 0 spiro atoms. The molecule has 0 radical (unpaired) electrons. The van der Waals surface area contributed by atoms with Gasteiger partial charge < -0.3 is 21.1 Å². The van der Waals surface area contributed by atoms with Gasteiger partial charge in [0.2, 0.25) is 11.8 Å². The fourth-order valence-corrected chi connectivity index (χ4v) is 1.85. The monoisotopic (exact) mass is 243 g/mol. The molecule has 17 heavy (non-hydrogen) atoms. The fraction of sp³-hybridized carbons (Fsp3) is 0.818. The minimum Gasteiger partial charge on any atom is -0.379 e. The van der Waals surface area contributed by atoms with Crippen molar-refractivity contribution in [1.82, 2.24) is 4.90 Å². The van der Waals surface area contributed by atoms with Gasteiger partial charge in [-0.2, -0.15) is 0 Å². The molecular formula is C11H21N3O3. The number of nitrogens with zero attached hydrogens (tertiary/aromatic N) is 1. The number of carbonyl (C=O) groups is 2. The second kappa shape index (κ2) is 5.97. The number of amides is 2. The highest BCUT2D eigenvalue weighted by Gasteiger charge is 2.41. The van der Waals surface area contributed by atoms with Crippen LogP contribution in [0, 0.1) is 0 Å². The molecule has 1 atom stereocenters. The molecule has 4 N–H and O–H groups in total. The first-order chi connectivity index (χ1) is 7.99. The van der Waals surface area contributed by atoms with Crippen molar-refractivity contribution in [2.45, 2.75) is 31.7 Å². The van der Waals surface area contributed by atoms with Gasteiger partial charge in [0.15, 0.2) is 0 Å². The van der Waals surface area contributed by atoms with Crippen LogP contribution in [0.1, 0.15) is 26.2 Å². The lowest BCUT2D eigenvalue weighted by molar-refractivity contribution is -0.140. The topological polar surface area (TPSA) is 98.7 Å². The molecule has 1 aliphatic heterocycles. The summed E-state index contributed by atoms with van der Waals surface area (Å²) in [6, 6.07) is 0. The highest BCUT2D eigenvalue weighted by Crippen LogP contribution is 2.18. The first-order valence-corrected chi connectivity index (χ1v) is 5.94. The van der Waals surface area contributed by atoms with E-state index in [4.69, 9.17) is 16.2 Å². The van der Waals surface area contributed by atoms with Crippen LogP contribution < -0.4 is 11.5 Å². The van der Waals surface area contributed by atoms with Crippen molar-refractivity contribution in [1.29, 1.82) is 0 Å². The lowest BCUT2D eigenvalue weighted by Gasteiger charge is -2.29. The van der Waals surface area contributed by atoms with Crippen LogP contribution in [0.4, 0.5) is 0 Å². The average Bonchev–Trinajstić information content (AvgIpc) is 2.71. The number of nitrogens with two attached hydrogens (primary N) is 2. The predicted octanol–water partition coefficient (Wildman–Crippen LogP) is -0.782. The molecular weight excluding hydrogens is 222 g/mol. The Morgan fingerprint density at radius 1 is 1.47 bits per heavy atom. The minimum absolute atomic E-state index is 0.0716. The van der Waals surface area contributed by atoms with Gasteiger partial charge in [0.1, 0.15) is 5.54 Å². The van der Waals surface area contributed by atoms with E-state index in [2.05, 4.69) is 0 Å². The van der Waals surface area contributed by atoms with Crippen LogP contribution in [0.5, 0.6) is 0 Å². The Morgan fingerprint density at radius 3 is 2.65 bits per heavy atom. The first kappa shape index (κ1) is 13.9. The number of rotatable bonds is 6. The smallest absolute Gasteiger partial charge is 0.245 e. The Balaban J connectivity index is 2.67. The molecule has 0 aromatic rings. The molecule has 6 heteroatoms. The van der Waals surface area contributed by atoms with Crippen molar-refractivity contribution in [2.24, 2.45) is 11.5 Å². The largest absolute Gasteiger partial charge is 0.379 e. The van der Waals surface area contributed by atoms with Crippen molar-refractivity contribution in [3.8, 4) is 0 Å². The molecule has 1 rings (SSSR count). The SMILES string of the molecule is CCCCN(CC(N)=O)C(=O)C1(N)CCOC1. The highest BCUT2D eigenvalue weighted by molar-refractivity contribution is 5.90. The molecule has 1 saturated heterocycles. The van der Waals surface area contributed by atoms with E-state index in [-0.39, 0.29) is 19.1 Å². The maximum atomic E-state index is 12.2. The van der Waals surface area contributed by atoms with Gasteiger partial charge in [-0.25, -0.2) is 0 Å². The van der Waals surface area contributed by atoms with Gasteiger partial charge in [-0.1, -0.05) is 13.3 Å². The van der Waals surface area contributed by atoms with Crippen molar-refractivity contribution < 1.29 is 14.3 Å². The molecule has 0 aromatic heterocycles. The molecule has 2 amide bonds. The van der Waals surface area contributed by atoms with E-state index >= 15 is 0 Å². The van der Waals surface area contributed by atoms with Gasteiger partial charge in [-0.05, 0) is 12.8 Å². The van der Waals surface area contributed by atoms with Crippen molar-refractivity contribution >= 4 is 11.8 Å². The Labute approximate surface area is 101 Å². The zero-order valence-corrected chi connectivity index (χ0v) is 10.3. The second-order valence-corrected chi connectivity index (χ2v) is 4.51. The molecule has 0 saturated carbocycles. The Morgan fingerprint density at radius 2 is 2.18 bits per heavy atom. The minimum atomic E-state index is -0.983. The Hall–Kier alpha value is -1.14. The van der Waals surface area contributed by atoms with Crippen LogP contribution in [-0.4, -0.2) is 48.6 Å². The van der Waals surface area contributed by atoms with E-state index in [1.54, 1.807) is 0 Å². The number of carbonyl (C=O) groups excluding carboxylic acids is 2. The van der Waals surface area contributed by atoms with E-state index in [1.807, 2.05) is 6.92 Å². The van der Waals surface area contributed by atoms with E-state index in [1.165, 1.54) is 4.90 Å². The molecule has 0 bridgehead atoms. The summed E-state index contributed by atoms with van der Waals surface area (Å²) in [7, 11) is 0. The summed E-state index contributed by atoms with van der Waals surface area (Å²) < 4.78 is 5.15. The van der Waals surface area contributed by atoms with E-state index in [9.17, 15) is 9.59 Å². The molecule has 0 aromatic carbocycles. The molecule has 1 heterocycles. The van der Waals surface area contributed by atoms with Crippen LogP contribution in [0.15, 0.2) is 0 Å². The van der Waals surface area contributed by atoms with Crippen LogP contribution in [0.25, 0.3) is 0 Å². The standard InChI is InChI=1S/C11H21N3O3/c1-2-3-5-14(7-9(12)15)10(16)11(13)4-6-17-8-11/h2-8,13H2,1H3,(H2,12,15). The van der Waals surface area contributed by atoms with E-state index in [0.717, 1.165) is 12.8 Å². The molecule has 0 aliphatic carbocycles. The fourth-order valence-electron chi connectivity index (χ4n) is 1.85. The summed E-state index contributed by atoms with van der Waals surface area (Å²) in [5.74, 6) is -0.751. The van der Waals surface area contributed by atoms with Gasteiger partial charge >= 0.3 is 0 Å². The first-order valence-electron chi connectivity index (χ1n) is 5.94. The Bertz CT molecular complexity index is 288. The predicted molar refractivity (Wildman–Crippen MR) is 63.0 cm³/mol. The number of hydrogen-bond donors (Lipinski definition) is 2. The third-order valence-corrected chi connectivity index (χ3v) is 2.89. The summed E-state index contributed by atoms with van der Waals surface area (Å²) in [6.45, 7) is 3.16. The third-order valence-electron chi connectivity index (χ3n) is 2.89. The quantitative estimate of drug-likeness (QED) is 0.639. The molecule has 1 fully saturated rings. The van der Waals surface area contributed by atoms with Crippen molar-refractivity contribution in [3.63, 3.8) is 0 Å². The van der Waals surface area contributed by atoms with Gasteiger partial charge in [-0.15, -0.1) is 0 Å². The van der Waals surface area contributed by atoms with Crippen molar-refractivity contribution in [3.05, 3.63) is 0 Å². The van der Waals surface area contributed by atoms with Crippen LogP contribution in [0.2, 0.25) is 0 Å². The van der Waals surface area contributed by atoms with E-state index in [0.29, 0.717) is 19.6 Å². The normalized spacial score (nSPS) is 23.6. The zero-order chi connectivity index (χ0) is 12.9. The lowest BCUT2D eigenvalue weighted by Crippen LogP contribution is -2.57. The number of unbranched alkanes of at least 4 members (excludes halogenated alkanes) is 1. The van der Waals surface area contributed by atoms with Crippen LogP contribution in [-0.2, 0) is 14.3 Å². The summed E-state index contributed by atoms with van der Waals surface area (Å²) in [5.41, 5.74) is 10.1. The van der Waals surface area contributed by atoms with Gasteiger partial charge in [-0.3, -0.25) is 9.59 Å². The third kappa shape index (κ3) is 3.67. The molecule has 6 nitrogen and oxygen atoms in total. The van der Waals surface area contributed by atoms with Gasteiger partial charge in [0.25, 0.3) is 0 Å². The molecule has 1 unspecified atom stereocenters. The summed E-state index contributed by atoms with van der Waals surface area (Å²) >= 11 is 0. The van der Waals surface area contributed by atoms with Gasteiger partial charge in [0, 0.05) is 13.2 Å². The lowest BCUT2D eigenvalue weighted by atomic mass is 9.98. The van der Waals surface area contributed by atoms with Crippen LogP contribution >= 0.6 is 0 Å². The summed E-state index contributed by atoms with van der Waals surface area (Å²) in [4.78, 5) is 24.6. The number of primary amides is 1. The summed E-state index contributed by atoms with van der Waals surface area (Å²) in [5, 5.41) is 0. The van der Waals surface area contributed by atoms with Crippen LogP contribution in [0.3, 0.4) is 0 Å². The maximum Gasteiger partial charge on any atom is 0.245 e. The molecule has 98 valence electrons. The zero-order valence-electron chi connectivity index (χ0n) is 10.3. The summed E-state index contributed by atoms with van der Waals surface area (Å²) in [6.07, 6.45) is 2.26. The van der Waals surface area contributed by atoms with Crippen molar-refractivity contribution in [2.75, 3.05) is 26.3 Å².